The van der Waals surface area contributed by atoms with Crippen LogP contribution in [-0.4, -0.2) is 35.1 Å². The van der Waals surface area contributed by atoms with E-state index in [9.17, 15) is 8.92 Å². The fraction of sp³-hybridized carbons (Fsp3) is 0.381. The summed E-state index contributed by atoms with van der Waals surface area (Å²) in [5, 5.41) is 4.03. The SMILES string of the molecule is [CH-]=C(N=[N-])C(C)Oc1ccc2ncc3c(c2c1)CCOC3.[CH2-]C([CH2-])(SC)C(F)OF.[Na+]. The predicted octanol–water partition coefficient (Wildman–Crippen LogP) is 2.37. The Bertz CT molecular complexity index is 902. The van der Waals surface area contributed by atoms with E-state index in [1.807, 2.05) is 24.4 Å². The minimum atomic E-state index is -2.06. The normalized spacial score (nSPS) is 14.9. The first kappa shape index (κ1) is 27.9. The van der Waals surface area contributed by atoms with E-state index in [0.717, 1.165) is 41.3 Å². The molecule has 1 aliphatic rings. The molecule has 0 bridgehead atoms. The predicted molar refractivity (Wildman–Crippen MR) is 113 cm³/mol. The van der Waals surface area contributed by atoms with Crippen LogP contribution in [0.3, 0.4) is 0 Å². The smallest absolute Gasteiger partial charge is 0.709 e. The molecule has 0 spiro atoms. The first-order valence-electron chi connectivity index (χ1n) is 9.03. The van der Waals surface area contributed by atoms with Crippen molar-refractivity contribution in [1.29, 1.82) is 0 Å². The zero-order valence-electron chi connectivity index (χ0n) is 17.8. The standard InChI is InChI=1S/C16H15N3O2.C5H8F2OS.Na/c1-10(19-17)11(2)21-13-3-4-16-15(7-13)14-5-6-20-9-12(14)8-18-16;1-5(2,9-3)4(6)8-7;/h1,3-4,7-8,11H,5-6,9H2,2H3;4H,1-2H2,3H3;/q2*-2;+1. The number of fused-ring (bicyclic) bond motifs is 3. The second-order valence-corrected chi connectivity index (χ2v) is 7.92. The van der Waals surface area contributed by atoms with Gasteiger partial charge >= 0.3 is 29.6 Å². The van der Waals surface area contributed by atoms with Crippen LogP contribution in [0.1, 0.15) is 18.1 Å². The number of aromatic nitrogens is 1. The fourth-order valence-electron chi connectivity index (χ4n) is 2.64. The molecule has 2 heterocycles. The molecule has 1 aliphatic heterocycles. The molecule has 2 unspecified atom stereocenters. The van der Waals surface area contributed by atoms with E-state index in [1.54, 1.807) is 13.2 Å². The quantitative estimate of drug-likeness (QED) is 0.362. The second-order valence-electron chi connectivity index (χ2n) is 6.70. The number of pyridine rings is 1. The number of benzene rings is 1. The summed E-state index contributed by atoms with van der Waals surface area (Å²) in [7, 11) is 0. The summed E-state index contributed by atoms with van der Waals surface area (Å²) >= 11 is 0.998. The Labute approximate surface area is 207 Å². The first-order chi connectivity index (χ1) is 14.2. The summed E-state index contributed by atoms with van der Waals surface area (Å²) in [6.07, 6.45) is 1.76. The Morgan fingerprint density at radius 2 is 2.16 bits per heavy atom. The van der Waals surface area contributed by atoms with Crippen LogP contribution < -0.4 is 34.3 Å². The molecule has 164 valence electrons. The number of alkyl halides is 1. The van der Waals surface area contributed by atoms with Crippen molar-refractivity contribution in [3.8, 4) is 5.75 Å². The van der Waals surface area contributed by atoms with Gasteiger partial charge in [-0.2, -0.15) is 9.69 Å². The molecule has 1 aromatic heterocycles. The summed E-state index contributed by atoms with van der Waals surface area (Å²) in [5.74, 6) is 0.670. The van der Waals surface area contributed by atoms with Gasteiger partial charge in [0.25, 0.3) is 0 Å². The first-order valence-corrected chi connectivity index (χ1v) is 10.3. The topological polar surface area (TPSA) is 75.2 Å². The van der Waals surface area contributed by atoms with Crippen LogP contribution in [-0.2, 0) is 22.7 Å². The molecule has 10 heteroatoms. The van der Waals surface area contributed by atoms with Gasteiger partial charge in [0.1, 0.15) is 11.9 Å². The average molecular weight is 458 g/mol. The van der Waals surface area contributed by atoms with Crippen molar-refractivity contribution < 1.29 is 52.9 Å². The largest absolute Gasteiger partial charge is 1.00 e. The number of hydrogen-bond acceptors (Lipinski definition) is 6. The summed E-state index contributed by atoms with van der Waals surface area (Å²) < 4.78 is 33.1. The molecule has 2 aromatic rings. The van der Waals surface area contributed by atoms with Gasteiger partial charge in [-0.25, -0.2) is 16.2 Å². The van der Waals surface area contributed by atoms with Gasteiger partial charge in [0.05, 0.1) is 18.7 Å². The van der Waals surface area contributed by atoms with Crippen LogP contribution in [0.2, 0.25) is 0 Å². The van der Waals surface area contributed by atoms with Crippen molar-refractivity contribution in [2.45, 2.75) is 37.2 Å². The molecule has 6 nitrogen and oxygen atoms in total. The van der Waals surface area contributed by atoms with Crippen LogP contribution in [0.5, 0.6) is 5.75 Å². The summed E-state index contributed by atoms with van der Waals surface area (Å²) in [6.45, 7) is 15.1. The Morgan fingerprint density at radius 3 is 2.74 bits per heavy atom. The van der Waals surface area contributed by atoms with Gasteiger partial charge in [-0.3, -0.25) is 4.98 Å². The van der Waals surface area contributed by atoms with E-state index in [1.165, 1.54) is 5.56 Å². The van der Waals surface area contributed by atoms with E-state index in [4.69, 9.17) is 21.6 Å². The Balaban J connectivity index is 0.000000413. The molecule has 0 radical (unpaired) electrons. The summed E-state index contributed by atoms with van der Waals surface area (Å²) in [4.78, 5) is 7.34. The van der Waals surface area contributed by atoms with Crippen LogP contribution >= 0.6 is 11.8 Å². The van der Waals surface area contributed by atoms with Gasteiger partial charge in [-0.05, 0) is 53.5 Å². The molecule has 0 amide bonds. The van der Waals surface area contributed by atoms with Crippen LogP contribution in [0.4, 0.5) is 8.92 Å². The second kappa shape index (κ2) is 12.8. The number of thioether (sulfide) groups is 1. The Morgan fingerprint density at radius 1 is 1.45 bits per heavy atom. The molecule has 1 aromatic carbocycles. The number of ether oxygens (including phenoxy) is 2. The van der Waals surface area contributed by atoms with Gasteiger partial charge in [0.15, 0.2) is 6.36 Å². The third-order valence-electron chi connectivity index (χ3n) is 4.54. The third-order valence-corrected chi connectivity index (χ3v) is 5.54. The van der Waals surface area contributed by atoms with Crippen molar-refractivity contribution in [1.82, 2.24) is 4.98 Å². The molecule has 0 saturated heterocycles. The van der Waals surface area contributed by atoms with Crippen molar-refractivity contribution >= 4 is 22.7 Å². The number of hydrogen-bond donors (Lipinski definition) is 0. The molecule has 0 fully saturated rings. The molecular weight excluding hydrogens is 435 g/mol. The Hall–Kier alpha value is -1.10. The molecule has 2 atom stereocenters. The fourth-order valence-corrected chi connectivity index (χ4v) is 2.86. The van der Waals surface area contributed by atoms with E-state index in [-0.39, 0.29) is 35.3 Å². The molecule has 0 saturated carbocycles. The summed E-state index contributed by atoms with van der Waals surface area (Å²) in [6, 6.07) is 5.70. The van der Waals surface area contributed by atoms with Crippen LogP contribution in [0.25, 0.3) is 16.4 Å². The van der Waals surface area contributed by atoms with Gasteiger partial charge in [0, 0.05) is 11.6 Å². The zero-order valence-corrected chi connectivity index (χ0v) is 20.6. The molecule has 31 heavy (non-hydrogen) atoms. The van der Waals surface area contributed by atoms with E-state index >= 15 is 0 Å². The maximum absolute atomic E-state index is 12.2. The van der Waals surface area contributed by atoms with Gasteiger partial charge in [-0.15, -0.1) is 5.70 Å². The summed E-state index contributed by atoms with van der Waals surface area (Å²) in [5.41, 5.74) is 12.0. The van der Waals surface area contributed by atoms with Gasteiger partial charge in [0.2, 0.25) is 0 Å². The third kappa shape index (κ3) is 7.47. The van der Waals surface area contributed by atoms with Crippen molar-refractivity contribution in [2.24, 2.45) is 5.11 Å². The molecule has 3 rings (SSSR count). The minimum absolute atomic E-state index is 0. The number of nitrogens with zero attached hydrogens (tertiary/aromatic N) is 3. The molecule has 0 aliphatic carbocycles. The van der Waals surface area contributed by atoms with Gasteiger partial charge in [-0.1, -0.05) is 0 Å². The van der Waals surface area contributed by atoms with E-state index < -0.39 is 17.2 Å². The average Bonchev–Trinajstić information content (AvgIpc) is 2.78. The Kier molecular flexibility index (Phi) is 11.5. The van der Waals surface area contributed by atoms with E-state index in [2.05, 4.69) is 28.9 Å². The monoisotopic (exact) mass is 458 g/mol. The van der Waals surface area contributed by atoms with Crippen molar-refractivity contribution in [3.05, 3.63) is 67.2 Å². The number of halogens is 2. The van der Waals surface area contributed by atoms with Crippen LogP contribution in [0.15, 0.2) is 35.2 Å². The molecule has 0 N–H and O–H groups in total. The van der Waals surface area contributed by atoms with Crippen LogP contribution in [0, 0.1) is 20.4 Å². The minimum Gasteiger partial charge on any atom is -0.709 e. The van der Waals surface area contributed by atoms with Gasteiger partial charge < -0.3 is 40.5 Å². The van der Waals surface area contributed by atoms with Crippen molar-refractivity contribution in [2.75, 3.05) is 12.9 Å². The number of rotatable bonds is 7. The maximum atomic E-state index is 12.2. The van der Waals surface area contributed by atoms with Crippen molar-refractivity contribution in [3.63, 3.8) is 0 Å². The maximum Gasteiger partial charge on any atom is 1.00 e. The van der Waals surface area contributed by atoms with E-state index in [0.29, 0.717) is 12.4 Å². The zero-order chi connectivity index (χ0) is 22.3. The molecular formula is C21H23F2N3NaO3S-3.